The van der Waals surface area contributed by atoms with Gasteiger partial charge in [-0.3, -0.25) is 0 Å². The lowest BCUT2D eigenvalue weighted by molar-refractivity contribution is 0.408. The first-order valence-corrected chi connectivity index (χ1v) is 10.9. The Morgan fingerprint density at radius 3 is 2.81 bits per heavy atom. The van der Waals surface area contributed by atoms with Crippen molar-refractivity contribution < 1.29 is 0 Å². The summed E-state index contributed by atoms with van der Waals surface area (Å²) in [6.45, 7) is 5.70. The van der Waals surface area contributed by atoms with E-state index in [1.165, 1.54) is 37.0 Å². The fraction of sp³-hybridized carbons (Fsp3) is 0.650. The lowest BCUT2D eigenvalue weighted by atomic mass is 9.96. The van der Waals surface area contributed by atoms with Crippen molar-refractivity contribution in [2.75, 3.05) is 6.54 Å². The highest BCUT2D eigenvalue weighted by molar-refractivity contribution is 7.09. The van der Waals surface area contributed by atoms with Gasteiger partial charge in [-0.1, -0.05) is 32.3 Å². The number of guanidine groups is 1. The zero-order chi connectivity index (χ0) is 19.1. The van der Waals surface area contributed by atoms with E-state index in [9.17, 15) is 0 Å². The van der Waals surface area contributed by atoms with Gasteiger partial charge in [-0.2, -0.15) is 0 Å². The molecule has 1 unspecified atom stereocenters. The fourth-order valence-corrected chi connectivity index (χ4v) is 4.32. The van der Waals surface area contributed by atoms with Crippen LogP contribution in [0.4, 0.5) is 0 Å². The Kier molecular flexibility index (Phi) is 7.26. The van der Waals surface area contributed by atoms with E-state index >= 15 is 0 Å². The number of aliphatic imine (C=N–C) groups is 1. The molecule has 1 aliphatic rings. The Bertz CT molecular complexity index is 715. The van der Waals surface area contributed by atoms with Crippen molar-refractivity contribution in [2.24, 2.45) is 18.0 Å². The summed E-state index contributed by atoms with van der Waals surface area (Å²) in [5, 5.41) is 17.7. The monoisotopic (exact) mass is 388 g/mol. The van der Waals surface area contributed by atoms with E-state index in [1.54, 1.807) is 0 Å². The van der Waals surface area contributed by atoms with Crippen LogP contribution >= 0.6 is 11.3 Å². The lowest BCUT2D eigenvalue weighted by Crippen LogP contribution is -2.45. The minimum atomic E-state index is 0.527. The van der Waals surface area contributed by atoms with Crippen molar-refractivity contribution in [2.45, 2.75) is 65.0 Å². The molecule has 0 saturated heterocycles. The number of nitrogens with zero attached hydrogens (tertiary/aromatic N) is 4. The summed E-state index contributed by atoms with van der Waals surface area (Å²) < 4.78 is 2.00. The second-order valence-corrected chi connectivity index (χ2v) is 8.67. The molecule has 3 rings (SSSR count). The van der Waals surface area contributed by atoms with Gasteiger partial charge in [0.2, 0.25) is 0 Å². The summed E-state index contributed by atoms with van der Waals surface area (Å²) >= 11 is 1.83. The van der Waals surface area contributed by atoms with Crippen LogP contribution in [-0.4, -0.2) is 33.3 Å². The van der Waals surface area contributed by atoms with Crippen LogP contribution in [0.3, 0.4) is 0 Å². The number of hydrogen-bond acceptors (Lipinski definition) is 4. The molecule has 0 aliphatic heterocycles. The summed E-state index contributed by atoms with van der Waals surface area (Å²) in [5.74, 6) is 3.27. The molecule has 2 N–H and O–H groups in total. The van der Waals surface area contributed by atoms with Crippen LogP contribution in [-0.2, 0) is 20.0 Å². The van der Waals surface area contributed by atoms with E-state index < -0.39 is 0 Å². The molecule has 0 bridgehead atoms. The largest absolute Gasteiger partial charge is 0.356 e. The fourth-order valence-electron chi connectivity index (χ4n) is 3.45. The first kappa shape index (κ1) is 19.9. The molecule has 2 aromatic heterocycles. The van der Waals surface area contributed by atoms with Gasteiger partial charge in [-0.05, 0) is 43.6 Å². The average molecular weight is 389 g/mol. The molecule has 0 radical (unpaired) electrons. The Balaban J connectivity index is 1.59. The van der Waals surface area contributed by atoms with Crippen molar-refractivity contribution in [3.05, 3.63) is 34.0 Å². The Labute approximate surface area is 166 Å². The van der Waals surface area contributed by atoms with E-state index in [2.05, 4.69) is 45.3 Å². The zero-order valence-corrected chi connectivity index (χ0v) is 17.6. The van der Waals surface area contributed by atoms with Crippen LogP contribution < -0.4 is 10.6 Å². The number of rotatable bonds is 7. The van der Waals surface area contributed by atoms with E-state index in [4.69, 9.17) is 4.99 Å². The van der Waals surface area contributed by atoms with Crippen LogP contribution in [0.2, 0.25) is 0 Å². The van der Waals surface area contributed by atoms with Crippen molar-refractivity contribution in [3.8, 4) is 0 Å². The van der Waals surface area contributed by atoms with Crippen LogP contribution in [0.25, 0.3) is 0 Å². The highest BCUT2D eigenvalue weighted by Crippen LogP contribution is 2.17. The van der Waals surface area contributed by atoms with Gasteiger partial charge >= 0.3 is 0 Å². The zero-order valence-electron chi connectivity index (χ0n) is 16.7. The second kappa shape index (κ2) is 9.88. The van der Waals surface area contributed by atoms with Gasteiger partial charge in [0, 0.05) is 24.5 Å². The van der Waals surface area contributed by atoms with Gasteiger partial charge in [0.05, 0.1) is 0 Å². The summed E-state index contributed by atoms with van der Waals surface area (Å²) in [5.41, 5.74) is 0. The van der Waals surface area contributed by atoms with E-state index in [1.807, 2.05) is 29.9 Å². The van der Waals surface area contributed by atoms with Crippen LogP contribution in [0.5, 0.6) is 0 Å². The number of aryl methyl sites for hydroxylation is 1. The van der Waals surface area contributed by atoms with Gasteiger partial charge in [-0.15, -0.1) is 21.5 Å². The van der Waals surface area contributed by atoms with Crippen molar-refractivity contribution in [3.63, 3.8) is 0 Å². The van der Waals surface area contributed by atoms with Crippen molar-refractivity contribution in [1.29, 1.82) is 0 Å². The standard InChI is InChI=1S/C20H32N6S/c1-15(12-18-10-7-11-27-18)13-21-20(23-17-8-5-4-6-9-17)22-14-19-25-24-16(2)26(19)3/h7,10-11,15,17H,4-6,8-9,12-14H2,1-3H3,(H2,21,22,23). The highest BCUT2D eigenvalue weighted by atomic mass is 32.1. The molecule has 2 heterocycles. The maximum atomic E-state index is 4.80. The summed E-state index contributed by atoms with van der Waals surface area (Å²) in [4.78, 5) is 6.25. The number of thiophene rings is 1. The summed E-state index contributed by atoms with van der Waals surface area (Å²) in [6, 6.07) is 4.87. The average Bonchev–Trinajstić information content (AvgIpc) is 3.29. The van der Waals surface area contributed by atoms with Gasteiger partial charge in [-0.25, -0.2) is 4.99 Å². The third-order valence-corrected chi connectivity index (χ3v) is 6.15. The predicted molar refractivity (Wildman–Crippen MR) is 112 cm³/mol. The van der Waals surface area contributed by atoms with Gasteiger partial charge in [0.1, 0.15) is 12.4 Å². The first-order valence-electron chi connectivity index (χ1n) is 10.0. The Morgan fingerprint density at radius 1 is 1.33 bits per heavy atom. The maximum Gasteiger partial charge on any atom is 0.191 e. The van der Waals surface area contributed by atoms with E-state index in [0.717, 1.165) is 30.6 Å². The molecule has 148 valence electrons. The molecule has 1 aliphatic carbocycles. The van der Waals surface area contributed by atoms with Crippen molar-refractivity contribution >= 4 is 17.3 Å². The number of nitrogens with one attached hydrogen (secondary N) is 2. The topological polar surface area (TPSA) is 67.1 Å². The molecule has 1 atom stereocenters. The molecule has 1 fully saturated rings. The predicted octanol–water partition coefficient (Wildman–Crippen LogP) is 3.43. The SMILES string of the molecule is Cc1nnc(CN=C(NCC(C)Cc2cccs2)NC2CCCCC2)n1C. The van der Waals surface area contributed by atoms with Gasteiger partial charge in [0.25, 0.3) is 0 Å². The summed E-state index contributed by atoms with van der Waals surface area (Å²) in [7, 11) is 1.99. The van der Waals surface area contributed by atoms with Gasteiger partial charge < -0.3 is 15.2 Å². The van der Waals surface area contributed by atoms with E-state index in [0.29, 0.717) is 18.5 Å². The summed E-state index contributed by atoms with van der Waals surface area (Å²) in [6.07, 6.45) is 7.53. The van der Waals surface area contributed by atoms with Crippen molar-refractivity contribution in [1.82, 2.24) is 25.4 Å². The lowest BCUT2D eigenvalue weighted by Gasteiger charge is -2.25. The molecule has 1 saturated carbocycles. The smallest absolute Gasteiger partial charge is 0.191 e. The molecule has 2 aromatic rings. The highest BCUT2D eigenvalue weighted by Gasteiger charge is 2.16. The molecule has 0 aromatic carbocycles. The third-order valence-electron chi connectivity index (χ3n) is 5.26. The molecule has 27 heavy (non-hydrogen) atoms. The molecule has 7 heteroatoms. The minimum absolute atomic E-state index is 0.527. The first-order chi connectivity index (χ1) is 13.1. The maximum absolute atomic E-state index is 4.80. The van der Waals surface area contributed by atoms with E-state index in [-0.39, 0.29) is 0 Å². The number of hydrogen-bond donors (Lipinski definition) is 2. The molecule has 0 spiro atoms. The normalized spacial score (nSPS) is 17.1. The van der Waals surface area contributed by atoms with Gasteiger partial charge in [0.15, 0.2) is 11.8 Å². The molecule has 6 nitrogen and oxygen atoms in total. The van der Waals surface area contributed by atoms with Crippen LogP contribution in [0.1, 0.15) is 55.6 Å². The number of aromatic nitrogens is 3. The molecular weight excluding hydrogens is 356 g/mol. The quantitative estimate of drug-likeness (QED) is 0.563. The van der Waals surface area contributed by atoms with Crippen LogP contribution in [0.15, 0.2) is 22.5 Å². The Hall–Kier alpha value is -1.89. The minimum Gasteiger partial charge on any atom is -0.356 e. The second-order valence-electron chi connectivity index (χ2n) is 7.64. The molecule has 0 amide bonds. The molecular formula is C20H32N6S. The Morgan fingerprint density at radius 2 is 2.15 bits per heavy atom. The van der Waals surface area contributed by atoms with Crippen LogP contribution in [0, 0.1) is 12.8 Å². The third kappa shape index (κ3) is 6.06.